The molecule has 0 spiro atoms. The molecule has 3 aromatic rings. The third kappa shape index (κ3) is 3.40. The van der Waals surface area contributed by atoms with Crippen LogP contribution >= 0.6 is 23.2 Å². The summed E-state index contributed by atoms with van der Waals surface area (Å²) in [4.78, 5) is 31.8. The minimum Gasteiger partial charge on any atom is -0.326 e. The molecule has 0 fully saturated rings. The van der Waals surface area contributed by atoms with Gasteiger partial charge < -0.3 is 9.47 Å². The maximum atomic E-state index is 13.0. The summed E-state index contributed by atoms with van der Waals surface area (Å²) in [6.45, 7) is 4.99. The molecular weight excluding hydrogens is 387 g/mol. The summed E-state index contributed by atoms with van der Waals surface area (Å²) in [5.41, 5.74) is 2.67. The normalized spacial score (nSPS) is 16.5. The third-order valence-corrected chi connectivity index (χ3v) is 4.92. The molecule has 4 heterocycles. The molecule has 9 heteroatoms. The highest BCUT2D eigenvalue weighted by atomic mass is 35.5. The number of carbonyl (C=O) groups is 1. The SMILES string of the molecule is Cc1cccc(CN2C(=O)c3nc(-c4nc(Cl)ncc4Cl)cn3CC2C)n1. The summed E-state index contributed by atoms with van der Waals surface area (Å²) in [6.07, 6.45) is 3.20. The molecule has 0 N–H and O–H groups in total. The minimum absolute atomic E-state index is 0.00109. The van der Waals surface area contributed by atoms with Gasteiger partial charge in [-0.2, -0.15) is 0 Å². The minimum atomic E-state index is -0.153. The van der Waals surface area contributed by atoms with Crippen molar-refractivity contribution in [3.8, 4) is 11.4 Å². The quantitative estimate of drug-likeness (QED) is 0.627. The lowest BCUT2D eigenvalue weighted by molar-refractivity contribution is 0.0584. The van der Waals surface area contributed by atoms with Gasteiger partial charge in [-0.25, -0.2) is 15.0 Å². The number of carbonyl (C=O) groups excluding carboxylic acids is 1. The van der Waals surface area contributed by atoms with E-state index in [1.807, 2.05) is 36.6 Å². The van der Waals surface area contributed by atoms with E-state index in [2.05, 4.69) is 19.9 Å². The van der Waals surface area contributed by atoms with Crippen LogP contribution in [0.5, 0.6) is 0 Å². The van der Waals surface area contributed by atoms with Gasteiger partial charge in [0.1, 0.15) is 11.4 Å². The highest BCUT2D eigenvalue weighted by Crippen LogP contribution is 2.28. The molecular formula is C18H16Cl2N6O. The van der Waals surface area contributed by atoms with Crippen molar-refractivity contribution in [1.29, 1.82) is 0 Å². The fraction of sp³-hybridized carbons (Fsp3) is 0.278. The van der Waals surface area contributed by atoms with E-state index in [0.29, 0.717) is 35.3 Å². The van der Waals surface area contributed by atoms with Gasteiger partial charge >= 0.3 is 0 Å². The zero-order valence-electron chi connectivity index (χ0n) is 14.7. The number of hydrogen-bond acceptors (Lipinski definition) is 5. The first kappa shape index (κ1) is 17.9. The first-order chi connectivity index (χ1) is 12.9. The fourth-order valence-corrected chi connectivity index (χ4v) is 3.49. The average Bonchev–Trinajstić information content (AvgIpc) is 3.04. The summed E-state index contributed by atoms with van der Waals surface area (Å²) in [5.74, 6) is 0.195. The number of imidazole rings is 1. The van der Waals surface area contributed by atoms with E-state index in [1.165, 1.54) is 6.20 Å². The van der Waals surface area contributed by atoms with Crippen LogP contribution in [0, 0.1) is 6.92 Å². The number of aromatic nitrogens is 5. The second kappa shape index (κ2) is 6.90. The second-order valence-corrected chi connectivity index (χ2v) is 7.24. The predicted molar refractivity (Wildman–Crippen MR) is 102 cm³/mol. The Bertz CT molecular complexity index is 1030. The highest BCUT2D eigenvalue weighted by Gasteiger charge is 2.32. The molecule has 0 aromatic carbocycles. The first-order valence-electron chi connectivity index (χ1n) is 8.41. The molecule has 0 bridgehead atoms. The Hall–Kier alpha value is -2.51. The number of nitrogens with zero attached hydrogens (tertiary/aromatic N) is 6. The Morgan fingerprint density at radius 2 is 2.04 bits per heavy atom. The van der Waals surface area contributed by atoms with Gasteiger partial charge in [0.15, 0.2) is 5.82 Å². The monoisotopic (exact) mass is 402 g/mol. The number of pyridine rings is 1. The van der Waals surface area contributed by atoms with Crippen molar-refractivity contribution in [3.05, 3.63) is 58.1 Å². The zero-order valence-corrected chi connectivity index (χ0v) is 16.2. The Morgan fingerprint density at radius 3 is 2.81 bits per heavy atom. The van der Waals surface area contributed by atoms with E-state index in [0.717, 1.165) is 11.4 Å². The molecule has 0 saturated carbocycles. The lowest BCUT2D eigenvalue weighted by atomic mass is 10.2. The van der Waals surface area contributed by atoms with Crippen LogP contribution < -0.4 is 0 Å². The molecule has 1 atom stereocenters. The second-order valence-electron chi connectivity index (χ2n) is 6.49. The van der Waals surface area contributed by atoms with Crippen molar-refractivity contribution in [3.63, 3.8) is 0 Å². The molecule has 0 radical (unpaired) electrons. The third-order valence-electron chi connectivity index (χ3n) is 4.46. The van der Waals surface area contributed by atoms with Gasteiger partial charge in [-0.15, -0.1) is 0 Å². The van der Waals surface area contributed by atoms with E-state index >= 15 is 0 Å². The van der Waals surface area contributed by atoms with Crippen molar-refractivity contribution >= 4 is 29.1 Å². The number of hydrogen-bond donors (Lipinski definition) is 0. The van der Waals surface area contributed by atoms with Crippen molar-refractivity contribution in [2.45, 2.75) is 33.0 Å². The van der Waals surface area contributed by atoms with Gasteiger partial charge in [0, 0.05) is 24.5 Å². The number of rotatable bonds is 3. The number of amides is 1. The van der Waals surface area contributed by atoms with Gasteiger partial charge in [-0.1, -0.05) is 17.7 Å². The summed E-state index contributed by atoms with van der Waals surface area (Å²) >= 11 is 12.0. The molecule has 3 aromatic heterocycles. The van der Waals surface area contributed by atoms with Crippen LogP contribution in [0.2, 0.25) is 10.3 Å². The summed E-state index contributed by atoms with van der Waals surface area (Å²) in [5, 5.41) is 0.406. The van der Waals surface area contributed by atoms with Crippen molar-refractivity contribution < 1.29 is 4.79 Å². The zero-order chi connectivity index (χ0) is 19.1. The van der Waals surface area contributed by atoms with Crippen LogP contribution in [-0.2, 0) is 13.1 Å². The summed E-state index contributed by atoms with van der Waals surface area (Å²) < 4.78 is 1.83. The van der Waals surface area contributed by atoms with Crippen molar-refractivity contribution in [2.75, 3.05) is 0 Å². The van der Waals surface area contributed by atoms with Gasteiger partial charge in [-0.05, 0) is 37.6 Å². The molecule has 7 nitrogen and oxygen atoms in total. The summed E-state index contributed by atoms with van der Waals surface area (Å²) in [7, 11) is 0. The van der Waals surface area contributed by atoms with E-state index < -0.39 is 0 Å². The van der Waals surface area contributed by atoms with E-state index in [-0.39, 0.29) is 17.2 Å². The standard InChI is InChI=1S/C18H16Cl2N6O/c1-10-4-3-5-12(22-10)8-26-11(2)7-25-9-14(23-16(25)17(26)27)15-13(19)6-21-18(20)24-15/h3-6,9,11H,7-8H2,1-2H3. The van der Waals surface area contributed by atoms with E-state index in [4.69, 9.17) is 23.2 Å². The Labute approximate surface area is 166 Å². The number of halogens is 2. The lowest BCUT2D eigenvalue weighted by Gasteiger charge is -2.33. The van der Waals surface area contributed by atoms with Crippen LogP contribution in [0.15, 0.2) is 30.6 Å². The molecule has 1 aliphatic heterocycles. The fourth-order valence-electron chi connectivity index (χ4n) is 3.17. The van der Waals surface area contributed by atoms with Crippen molar-refractivity contribution in [1.82, 2.24) is 29.4 Å². The van der Waals surface area contributed by atoms with Crippen LogP contribution in [0.1, 0.15) is 28.9 Å². The number of fused-ring (bicyclic) bond motifs is 1. The molecule has 138 valence electrons. The molecule has 1 amide bonds. The molecule has 1 aliphatic rings. The van der Waals surface area contributed by atoms with Crippen molar-refractivity contribution in [2.24, 2.45) is 0 Å². The molecule has 1 unspecified atom stereocenters. The van der Waals surface area contributed by atoms with E-state index in [9.17, 15) is 4.79 Å². The van der Waals surface area contributed by atoms with Gasteiger partial charge in [0.05, 0.1) is 23.5 Å². The van der Waals surface area contributed by atoms with Gasteiger partial charge in [0.25, 0.3) is 5.91 Å². The molecule has 4 rings (SSSR count). The first-order valence-corrected chi connectivity index (χ1v) is 9.17. The Morgan fingerprint density at radius 1 is 1.22 bits per heavy atom. The van der Waals surface area contributed by atoms with Gasteiger partial charge in [0.2, 0.25) is 5.28 Å². The molecule has 27 heavy (non-hydrogen) atoms. The summed E-state index contributed by atoms with van der Waals surface area (Å²) in [6, 6.07) is 5.79. The Balaban J connectivity index is 1.67. The largest absolute Gasteiger partial charge is 0.326 e. The maximum absolute atomic E-state index is 13.0. The van der Waals surface area contributed by atoms with E-state index in [1.54, 1.807) is 11.1 Å². The maximum Gasteiger partial charge on any atom is 0.290 e. The highest BCUT2D eigenvalue weighted by molar-refractivity contribution is 6.33. The average molecular weight is 403 g/mol. The Kier molecular flexibility index (Phi) is 4.57. The predicted octanol–water partition coefficient (Wildman–Crippen LogP) is 3.39. The van der Waals surface area contributed by atoms with Crippen LogP contribution in [0.25, 0.3) is 11.4 Å². The van der Waals surface area contributed by atoms with Gasteiger partial charge in [-0.3, -0.25) is 9.78 Å². The lowest BCUT2D eigenvalue weighted by Crippen LogP contribution is -2.46. The molecule has 0 saturated heterocycles. The topological polar surface area (TPSA) is 76.8 Å². The van der Waals surface area contributed by atoms with Crippen LogP contribution in [0.3, 0.4) is 0 Å². The van der Waals surface area contributed by atoms with Crippen LogP contribution in [0.4, 0.5) is 0 Å². The smallest absolute Gasteiger partial charge is 0.290 e. The number of aryl methyl sites for hydroxylation is 1. The molecule has 0 aliphatic carbocycles. The van der Waals surface area contributed by atoms with Crippen LogP contribution in [-0.4, -0.2) is 41.4 Å².